The van der Waals surface area contributed by atoms with Gasteiger partial charge in [-0.3, -0.25) is 9.78 Å². The molecule has 1 N–H and O–H groups in total. The molecule has 0 radical (unpaired) electrons. The zero-order valence-corrected chi connectivity index (χ0v) is 13.3. The average molecular weight is 298 g/mol. The first kappa shape index (κ1) is 16.0. The Bertz CT molecular complexity index is 626. The largest absolute Gasteiger partial charge is 0.480 e. The number of ether oxygens (including phenoxy) is 1. The van der Waals surface area contributed by atoms with E-state index in [-0.39, 0.29) is 5.91 Å². The topological polar surface area (TPSA) is 51.2 Å². The fourth-order valence-electron chi connectivity index (χ4n) is 2.13. The van der Waals surface area contributed by atoms with E-state index >= 15 is 0 Å². The third-order valence-corrected chi connectivity index (χ3v) is 3.70. The molecule has 1 aromatic carbocycles. The lowest BCUT2D eigenvalue weighted by molar-refractivity contribution is -0.128. The van der Waals surface area contributed by atoms with E-state index in [1.54, 1.807) is 12.4 Å². The summed E-state index contributed by atoms with van der Waals surface area (Å²) in [5, 5.41) is 2.91. The van der Waals surface area contributed by atoms with E-state index in [4.69, 9.17) is 4.74 Å². The van der Waals surface area contributed by atoms with Crippen molar-refractivity contribution < 1.29 is 9.53 Å². The van der Waals surface area contributed by atoms with E-state index in [1.165, 1.54) is 0 Å². The smallest absolute Gasteiger partial charge is 0.261 e. The Kier molecular flexibility index (Phi) is 5.53. The van der Waals surface area contributed by atoms with Gasteiger partial charge in [-0.15, -0.1) is 0 Å². The third-order valence-electron chi connectivity index (χ3n) is 3.70. The molecule has 0 aliphatic heterocycles. The Morgan fingerprint density at radius 2 is 1.95 bits per heavy atom. The van der Waals surface area contributed by atoms with Gasteiger partial charge >= 0.3 is 0 Å². The average Bonchev–Trinajstić information content (AvgIpc) is 2.55. The maximum absolute atomic E-state index is 12.3. The number of benzene rings is 1. The van der Waals surface area contributed by atoms with Crippen LogP contribution in [-0.2, 0) is 11.3 Å². The van der Waals surface area contributed by atoms with Gasteiger partial charge < -0.3 is 10.1 Å². The van der Waals surface area contributed by atoms with Gasteiger partial charge in [-0.1, -0.05) is 19.1 Å². The van der Waals surface area contributed by atoms with Gasteiger partial charge in [-0.25, -0.2) is 0 Å². The van der Waals surface area contributed by atoms with Gasteiger partial charge in [0.25, 0.3) is 5.91 Å². The fraction of sp³-hybridized carbons (Fsp3) is 0.333. The summed E-state index contributed by atoms with van der Waals surface area (Å²) in [5.74, 6) is 0.672. The molecule has 0 fully saturated rings. The van der Waals surface area contributed by atoms with Crippen molar-refractivity contribution in [1.82, 2.24) is 10.3 Å². The molecule has 0 spiro atoms. The second-order valence-corrected chi connectivity index (χ2v) is 5.29. The van der Waals surface area contributed by atoms with E-state index in [0.29, 0.717) is 13.0 Å². The normalized spacial score (nSPS) is 11.8. The number of carbonyl (C=O) groups is 1. The van der Waals surface area contributed by atoms with Crippen LogP contribution in [-0.4, -0.2) is 17.0 Å². The quantitative estimate of drug-likeness (QED) is 0.891. The molecule has 0 aliphatic rings. The molecule has 1 aromatic heterocycles. The highest BCUT2D eigenvalue weighted by atomic mass is 16.5. The number of hydrogen-bond donors (Lipinski definition) is 1. The summed E-state index contributed by atoms with van der Waals surface area (Å²) in [6, 6.07) is 9.65. The number of nitrogens with one attached hydrogen (secondary N) is 1. The van der Waals surface area contributed by atoms with Gasteiger partial charge in [-0.2, -0.15) is 0 Å². The summed E-state index contributed by atoms with van der Waals surface area (Å²) >= 11 is 0. The van der Waals surface area contributed by atoms with Crippen molar-refractivity contribution >= 4 is 5.91 Å². The summed E-state index contributed by atoms with van der Waals surface area (Å²) in [4.78, 5) is 16.3. The van der Waals surface area contributed by atoms with E-state index in [9.17, 15) is 4.79 Å². The number of hydrogen-bond acceptors (Lipinski definition) is 3. The van der Waals surface area contributed by atoms with Gasteiger partial charge in [0.05, 0.1) is 0 Å². The number of pyridine rings is 1. The number of amides is 1. The van der Waals surface area contributed by atoms with Crippen LogP contribution in [0.25, 0.3) is 0 Å². The Balaban J connectivity index is 1.98. The van der Waals surface area contributed by atoms with Crippen LogP contribution in [0, 0.1) is 13.8 Å². The van der Waals surface area contributed by atoms with Crippen LogP contribution in [0.1, 0.15) is 30.0 Å². The second kappa shape index (κ2) is 7.59. The second-order valence-electron chi connectivity index (χ2n) is 5.29. The molecule has 0 bridgehead atoms. The first-order chi connectivity index (χ1) is 10.6. The van der Waals surface area contributed by atoms with Crippen LogP contribution in [0.4, 0.5) is 0 Å². The summed E-state index contributed by atoms with van der Waals surface area (Å²) in [6.07, 6.45) is 3.56. The minimum Gasteiger partial charge on any atom is -0.480 e. The first-order valence-corrected chi connectivity index (χ1v) is 7.51. The molecule has 2 rings (SSSR count). The predicted molar refractivity (Wildman–Crippen MR) is 86.7 cm³/mol. The Labute approximate surface area is 131 Å². The number of rotatable bonds is 6. The van der Waals surface area contributed by atoms with Crippen molar-refractivity contribution in [2.75, 3.05) is 0 Å². The predicted octanol–water partition coefficient (Wildman–Crippen LogP) is 3.17. The molecule has 0 saturated carbocycles. The maximum atomic E-state index is 12.3. The van der Waals surface area contributed by atoms with E-state index < -0.39 is 6.10 Å². The SMILES string of the molecule is CC[C@H](Oc1cccc(C)c1C)C(=O)NCc1ccncc1. The van der Waals surface area contributed by atoms with Gasteiger partial charge in [0.2, 0.25) is 0 Å². The Morgan fingerprint density at radius 3 is 2.64 bits per heavy atom. The molecule has 1 atom stereocenters. The molecule has 4 nitrogen and oxygen atoms in total. The highest BCUT2D eigenvalue weighted by Gasteiger charge is 2.19. The van der Waals surface area contributed by atoms with E-state index in [2.05, 4.69) is 10.3 Å². The lowest BCUT2D eigenvalue weighted by Crippen LogP contribution is -2.37. The minimum atomic E-state index is -0.484. The van der Waals surface area contributed by atoms with Crippen LogP contribution in [0.2, 0.25) is 0 Å². The summed E-state index contributed by atoms with van der Waals surface area (Å²) in [5.41, 5.74) is 3.25. The van der Waals surface area contributed by atoms with Crippen molar-refractivity contribution in [2.45, 2.75) is 39.8 Å². The van der Waals surface area contributed by atoms with Crippen LogP contribution >= 0.6 is 0 Å². The van der Waals surface area contributed by atoms with Gasteiger partial charge in [0, 0.05) is 18.9 Å². The standard InChI is InChI=1S/C18H22N2O2/c1-4-16(22-17-7-5-6-13(2)14(17)3)18(21)20-12-15-8-10-19-11-9-15/h5-11,16H,4,12H2,1-3H3,(H,20,21)/t16-/m0/s1. The molecule has 116 valence electrons. The lowest BCUT2D eigenvalue weighted by atomic mass is 10.1. The monoisotopic (exact) mass is 298 g/mol. The highest BCUT2D eigenvalue weighted by molar-refractivity contribution is 5.81. The van der Waals surface area contributed by atoms with Gasteiger partial charge in [-0.05, 0) is 55.2 Å². The molecular weight excluding hydrogens is 276 g/mol. The van der Waals surface area contributed by atoms with E-state index in [0.717, 1.165) is 22.4 Å². The molecule has 0 unspecified atom stereocenters. The molecule has 4 heteroatoms. The molecule has 0 aliphatic carbocycles. The molecule has 22 heavy (non-hydrogen) atoms. The molecule has 2 aromatic rings. The fourth-order valence-corrected chi connectivity index (χ4v) is 2.13. The Morgan fingerprint density at radius 1 is 1.23 bits per heavy atom. The first-order valence-electron chi connectivity index (χ1n) is 7.51. The Hall–Kier alpha value is -2.36. The maximum Gasteiger partial charge on any atom is 0.261 e. The van der Waals surface area contributed by atoms with Gasteiger partial charge in [0.15, 0.2) is 6.10 Å². The molecule has 1 heterocycles. The zero-order valence-electron chi connectivity index (χ0n) is 13.3. The van der Waals surface area contributed by atoms with Crippen molar-refractivity contribution in [2.24, 2.45) is 0 Å². The minimum absolute atomic E-state index is 0.0970. The third kappa shape index (κ3) is 4.07. The van der Waals surface area contributed by atoms with Crippen LogP contribution in [0.3, 0.4) is 0 Å². The van der Waals surface area contributed by atoms with Crippen molar-refractivity contribution in [1.29, 1.82) is 0 Å². The van der Waals surface area contributed by atoms with Crippen LogP contribution in [0.15, 0.2) is 42.7 Å². The van der Waals surface area contributed by atoms with Crippen LogP contribution in [0.5, 0.6) is 5.75 Å². The number of aryl methyl sites for hydroxylation is 1. The van der Waals surface area contributed by atoms with Crippen LogP contribution < -0.4 is 10.1 Å². The number of carbonyl (C=O) groups excluding carboxylic acids is 1. The van der Waals surface area contributed by atoms with Crippen molar-refractivity contribution in [3.8, 4) is 5.75 Å². The van der Waals surface area contributed by atoms with Gasteiger partial charge in [0.1, 0.15) is 5.75 Å². The van der Waals surface area contributed by atoms with Crippen molar-refractivity contribution in [3.05, 3.63) is 59.4 Å². The van der Waals surface area contributed by atoms with E-state index in [1.807, 2.05) is 51.1 Å². The van der Waals surface area contributed by atoms with Crippen molar-refractivity contribution in [3.63, 3.8) is 0 Å². The number of aromatic nitrogens is 1. The molecule has 1 amide bonds. The summed E-state index contributed by atoms with van der Waals surface area (Å²) in [7, 11) is 0. The number of nitrogens with zero attached hydrogens (tertiary/aromatic N) is 1. The molecular formula is C18H22N2O2. The zero-order chi connectivity index (χ0) is 15.9. The summed E-state index contributed by atoms with van der Waals surface area (Å²) < 4.78 is 5.90. The molecule has 0 saturated heterocycles. The lowest BCUT2D eigenvalue weighted by Gasteiger charge is -2.19. The highest BCUT2D eigenvalue weighted by Crippen LogP contribution is 2.22. The summed E-state index contributed by atoms with van der Waals surface area (Å²) in [6.45, 7) is 6.47.